The van der Waals surface area contributed by atoms with Crippen LogP contribution in [0.2, 0.25) is 0 Å². The second-order valence-electron chi connectivity index (χ2n) is 10.3. The third-order valence-electron chi connectivity index (χ3n) is 8.01. The van der Waals surface area contributed by atoms with Gasteiger partial charge in [-0.15, -0.1) is 0 Å². The Bertz CT molecular complexity index is 854. The van der Waals surface area contributed by atoms with E-state index in [1.165, 1.54) is 45.2 Å². The summed E-state index contributed by atoms with van der Waals surface area (Å²) in [6.07, 6.45) is 9.36. The fourth-order valence-electron chi connectivity index (χ4n) is 6.41. The van der Waals surface area contributed by atoms with Gasteiger partial charge < -0.3 is 20.1 Å². The summed E-state index contributed by atoms with van der Waals surface area (Å²) in [7, 11) is 2.21. The van der Waals surface area contributed by atoms with Gasteiger partial charge in [0.15, 0.2) is 0 Å². The molecular weight excluding hydrogens is 390 g/mol. The molecule has 5 rings (SSSR count). The lowest BCUT2D eigenvalue weighted by molar-refractivity contribution is 0.0519. The number of hydrogen-bond donors (Lipinski definition) is 2. The van der Waals surface area contributed by atoms with Crippen molar-refractivity contribution >= 4 is 11.7 Å². The minimum absolute atomic E-state index is 0.0654. The van der Waals surface area contributed by atoms with Crippen molar-refractivity contribution < 1.29 is 4.79 Å². The summed E-state index contributed by atoms with van der Waals surface area (Å²) in [5, 5.41) is 6.27. The molecular formula is C24H37N5O2. The van der Waals surface area contributed by atoms with Crippen molar-refractivity contribution in [3.05, 3.63) is 28.2 Å². The standard InChI is InChI=1S/C24H37N5O2/c1-27-11-9-20(10-12-27)28-14-17-13-18(16-28)23-21(7-8-22(30)29(23)15-17)26-24(31)25-19-5-3-2-4-6-19/h7-8,17-20H,2-6,9-16H2,1H3,(H2,25,26,31)/t17-,18+/m0/s1. The molecule has 2 bridgehead atoms. The summed E-state index contributed by atoms with van der Waals surface area (Å²) in [6, 6.07) is 4.24. The van der Waals surface area contributed by atoms with Gasteiger partial charge in [0.05, 0.1) is 5.69 Å². The Morgan fingerprint density at radius 3 is 2.55 bits per heavy atom. The van der Waals surface area contributed by atoms with E-state index in [0.29, 0.717) is 17.9 Å². The summed E-state index contributed by atoms with van der Waals surface area (Å²) in [6.45, 7) is 5.19. The van der Waals surface area contributed by atoms with Gasteiger partial charge in [-0.25, -0.2) is 4.79 Å². The van der Waals surface area contributed by atoms with Crippen LogP contribution < -0.4 is 16.2 Å². The number of anilines is 1. The van der Waals surface area contributed by atoms with Crippen molar-refractivity contribution in [2.45, 2.75) is 75.9 Å². The van der Waals surface area contributed by atoms with E-state index in [9.17, 15) is 9.59 Å². The lowest BCUT2D eigenvalue weighted by atomic mass is 9.81. The number of hydrogen-bond acceptors (Lipinski definition) is 4. The van der Waals surface area contributed by atoms with E-state index in [2.05, 4.69) is 27.5 Å². The molecule has 2 atom stereocenters. The van der Waals surface area contributed by atoms with Gasteiger partial charge >= 0.3 is 6.03 Å². The first-order valence-corrected chi connectivity index (χ1v) is 12.3. The van der Waals surface area contributed by atoms with Gasteiger partial charge in [-0.2, -0.15) is 0 Å². The number of urea groups is 1. The van der Waals surface area contributed by atoms with E-state index in [4.69, 9.17) is 0 Å². The van der Waals surface area contributed by atoms with Gasteiger partial charge in [0.1, 0.15) is 0 Å². The summed E-state index contributed by atoms with van der Waals surface area (Å²) < 4.78 is 1.95. The summed E-state index contributed by atoms with van der Waals surface area (Å²) >= 11 is 0. The van der Waals surface area contributed by atoms with Crippen LogP contribution in [0.4, 0.5) is 10.5 Å². The highest BCUT2D eigenvalue weighted by atomic mass is 16.2. The van der Waals surface area contributed by atoms with Gasteiger partial charge in [-0.3, -0.25) is 9.69 Å². The van der Waals surface area contributed by atoms with E-state index in [1.54, 1.807) is 6.07 Å². The molecule has 0 radical (unpaired) electrons. The molecule has 7 heteroatoms. The monoisotopic (exact) mass is 427 g/mol. The number of nitrogens with one attached hydrogen (secondary N) is 2. The van der Waals surface area contributed by atoms with E-state index >= 15 is 0 Å². The number of nitrogens with zero attached hydrogens (tertiary/aromatic N) is 3. The van der Waals surface area contributed by atoms with E-state index in [1.807, 2.05) is 10.6 Å². The molecule has 0 spiro atoms. The van der Waals surface area contributed by atoms with E-state index in [-0.39, 0.29) is 17.6 Å². The van der Waals surface area contributed by atoms with E-state index in [0.717, 1.165) is 50.3 Å². The normalized spacial score (nSPS) is 28.2. The Balaban J connectivity index is 1.33. The fraction of sp³-hybridized carbons (Fsp3) is 0.750. The van der Waals surface area contributed by atoms with Crippen molar-refractivity contribution in [2.75, 3.05) is 38.5 Å². The van der Waals surface area contributed by atoms with Gasteiger partial charge in [-0.05, 0) is 64.2 Å². The smallest absolute Gasteiger partial charge is 0.319 e. The van der Waals surface area contributed by atoms with Crippen LogP contribution in [0.3, 0.4) is 0 Å². The molecule has 0 aromatic carbocycles. The zero-order valence-corrected chi connectivity index (χ0v) is 18.8. The quantitative estimate of drug-likeness (QED) is 0.778. The van der Waals surface area contributed by atoms with Crippen molar-refractivity contribution in [2.24, 2.45) is 5.92 Å². The summed E-state index contributed by atoms with van der Waals surface area (Å²) in [4.78, 5) is 30.5. The van der Waals surface area contributed by atoms with Crippen LogP contribution in [0.25, 0.3) is 0 Å². The molecule has 1 aromatic heterocycles. The number of likely N-dealkylation sites (tertiary alicyclic amines) is 2. The summed E-state index contributed by atoms with van der Waals surface area (Å²) in [5.41, 5.74) is 1.93. The molecule has 1 aromatic rings. The lowest BCUT2D eigenvalue weighted by Gasteiger charge is -2.47. The Kier molecular flexibility index (Phi) is 6.06. The van der Waals surface area contributed by atoms with Gasteiger partial charge in [-0.1, -0.05) is 19.3 Å². The minimum atomic E-state index is -0.126. The number of carbonyl (C=O) groups excluding carboxylic acids is 1. The Morgan fingerprint density at radius 2 is 1.77 bits per heavy atom. The maximum atomic E-state index is 12.7. The Morgan fingerprint density at radius 1 is 1.00 bits per heavy atom. The first-order valence-electron chi connectivity index (χ1n) is 12.3. The average Bonchev–Trinajstić information content (AvgIpc) is 2.77. The number of pyridine rings is 1. The molecule has 31 heavy (non-hydrogen) atoms. The van der Waals surface area contributed by atoms with Crippen LogP contribution >= 0.6 is 0 Å². The second-order valence-corrected chi connectivity index (χ2v) is 10.3. The largest absolute Gasteiger partial charge is 0.335 e. The Labute approximate surface area is 185 Å². The molecule has 1 aliphatic carbocycles. The van der Waals surface area contributed by atoms with Crippen LogP contribution in [-0.2, 0) is 6.54 Å². The van der Waals surface area contributed by atoms with Gasteiger partial charge in [0.2, 0.25) is 0 Å². The van der Waals surface area contributed by atoms with Gasteiger partial charge in [0.25, 0.3) is 5.56 Å². The summed E-state index contributed by atoms with van der Waals surface area (Å²) in [5.74, 6) is 0.834. The van der Waals surface area contributed by atoms with Crippen molar-refractivity contribution in [1.82, 2.24) is 19.7 Å². The van der Waals surface area contributed by atoms with Crippen LogP contribution in [0.15, 0.2) is 16.9 Å². The Hall–Kier alpha value is -1.86. The number of piperidine rings is 2. The third-order valence-corrected chi connectivity index (χ3v) is 8.01. The molecule has 1 saturated carbocycles. The minimum Gasteiger partial charge on any atom is -0.335 e. The molecule has 2 N–H and O–H groups in total. The number of amides is 2. The molecule has 0 unspecified atom stereocenters. The van der Waals surface area contributed by atoms with E-state index < -0.39 is 0 Å². The lowest BCUT2D eigenvalue weighted by Crippen LogP contribution is -2.53. The fourth-order valence-corrected chi connectivity index (χ4v) is 6.41. The molecule has 170 valence electrons. The molecule has 3 fully saturated rings. The highest BCUT2D eigenvalue weighted by Gasteiger charge is 2.39. The number of rotatable bonds is 3. The average molecular weight is 428 g/mol. The zero-order valence-electron chi connectivity index (χ0n) is 18.8. The maximum Gasteiger partial charge on any atom is 0.319 e. The van der Waals surface area contributed by atoms with Crippen LogP contribution in [-0.4, -0.2) is 65.7 Å². The second kappa shape index (κ2) is 8.94. The molecule has 3 aliphatic heterocycles. The maximum absolute atomic E-state index is 12.7. The SMILES string of the molecule is CN1CCC(N2C[C@@H]3C[C@H](C2)c2c(NC(=O)NC4CCCCC4)ccc(=O)n2C3)CC1. The predicted molar refractivity (Wildman–Crippen MR) is 123 cm³/mol. The topological polar surface area (TPSA) is 69.6 Å². The third kappa shape index (κ3) is 4.53. The number of carbonyl (C=O) groups is 1. The predicted octanol–water partition coefficient (Wildman–Crippen LogP) is 2.82. The molecule has 4 heterocycles. The molecule has 4 aliphatic rings. The van der Waals surface area contributed by atoms with Gasteiger partial charge in [0, 0.05) is 49.4 Å². The van der Waals surface area contributed by atoms with Crippen LogP contribution in [0, 0.1) is 5.92 Å². The number of aromatic nitrogens is 1. The first kappa shape index (κ1) is 21.0. The first-order chi connectivity index (χ1) is 15.1. The van der Waals surface area contributed by atoms with Crippen molar-refractivity contribution in [3.63, 3.8) is 0 Å². The number of fused-ring (bicyclic) bond motifs is 4. The zero-order chi connectivity index (χ0) is 21.4. The van der Waals surface area contributed by atoms with Crippen LogP contribution in [0.1, 0.15) is 63.0 Å². The molecule has 2 amide bonds. The molecule has 7 nitrogen and oxygen atoms in total. The van der Waals surface area contributed by atoms with Crippen molar-refractivity contribution in [3.8, 4) is 0 Å². The molecule has 2 saturated heterocycles. The van der Waals surface area contributed by atoms with Crippen LogP contribution in [0.5, 0.6) is 0 Å². The highest BCUT2D eigenvalue weighted by Crippen LogP contribution is 2.40. The highest BCUT2D eigenvalue weighted by molar-refractivity contribution is 5.90. The van der Waals surface area contributed by atoms with Crippen molar-refractivity contribution in [1.29, 1.82) is 0 Å².